The maximum atomic E-state index is 13.8. The number of furan rings is 1. The topological polar surface area (TPSA) is 53.1 Å². The smallest absolute Gasteiger partial charge is 0.200 e. The van der Waals surface area contributed by atoms with Gasteiger partial charge < -0.3 is 9.15 Å². The molecule has 0 radical (unpaired) electrons. The fourth-order valence-corrected chi connectivity index (χ4v) is 3.35. The Balaban J connectivity index is 1.81. The highest BCUT2D eigenvalue weighted by atomic mass is 32.2. The van der Waals surface area contributed by atoms with Gasteiger partial charge in [-0.15, -0.1) is 10.2 Å². The van der Waals surface area contributed by atoms with Crippen LogP contribution >= 0.6 is 11.8 Å². The molecule has 0 aliphatic rings. The maximum absolute atomic E-state index is 13.8. The first-order valence-corrected chi connectivity index (χ1v) is 8.99. The molecule has 0 amide bonds. The lowest BCUT2D eigenvalue weighted by atomic mass is 10.2. The van der Waals surface area contributed by atoms with Gasteiger partial charge in [-0.2, -0.15) is 0 Å². The Kier molecular flexibility index (Phi) is 5.43. The summed E-state index contributed by atoms with van der Waals surface area (Å²) >= 11 is 1.52. The molecule has 0 unspecified atom stereocenters. The molecule has 0 aliphatic carbocycles. The molecule has 0 atom stereocenters. The molecular formula is C18H20FN3O2S. The van der Waals surface area contributed by atoms with Gasteiger partial charge in [0.05, 0.1) is 13.4 Å². The third-order valence-electron chi connectivity index (χ3n) is 3.59. The van der Waals surface area contributed by atoms with Crippen molar-refractivity contribution >= 4 is 11.8 Å². The molecule has 0 saturated heterocycles. The lowest BCUT2D eigenvalue weighted by molar-refractivity contribution is 0.386. The molecule has 0 N–H and O–H groups in total. The first-order chi connectivity index (χ1) is 12.1. The van der Waals surface area contributed by atoms with E-state index in [0.717, 1.165) is 17.3 Å². The van der Waals surface area contributed by atoms with Crippen molar-refractivity contribution in [3.05, 3.63) is 48.0 Å². The average Bonchev–Trinajstić information content (AvgIpc) is 3.22. The number of aromatic nitrogens is 3. The van der Waals surface area contributed by atoms with Gasteiger partial charge in [-0.05, 0) is 35.7 Å². The third kappa shape index (κ3) is 4.04. The van der Waals surface area contributed by atoms with Crippen LogP contribution in [0.15, 0.2) is 46.2 Å². The van der Waals surface area contributed by atoms with Crippen molar-refractivity contribution in [3.8, 4) is 17.3 Å². The van der Waals surface area contributed by atoms with Crippen LogP contribution in [0.2, 0.25) is 0 Å². The standard InChI is InChI=1S/C18H20FN3O2S/c1-12(2)10-22-17(16-5-4-8-24-16)20-21-18(22)25-11-13-6-7-15(23-3)14(19)9-13/h4-9,12H,10-11H2,1-3H3. The summed E-state index contributed by atoms with van der Waals surface area (Å²) in [6.45, 7) is 5.06. The Bertz CT molecular complexity index is 831. The van der Waals surface area contributed by atoms with Gasteiger partial charge in [-0.1, -0.05) is 31.7 Å². The van der Waals surface area contributed by atoms with E-state index >= 15 is 0 Å². The van der Waals surface area contributed by atoms with Crippen molar-refractivity contribution in [1.29, 1.82) is 0 Å². The first-order valence-electron chi connectivity index (χ1n) is 8.00. The molecule has 3 rings (SSSR count). The van der Waals surface area contributed by atoms with Gasteiger partial charge in [0.25, 0.3) is 0 Å². The van der Waals surface area contributed by atoms with Crippen LogP contribution in [0.25, 0.3) is 11.6 Å². The van der Waals surface area contributed by atoms with Crippen molar-refractivity contribution in [3.63, 3.8) is 0 Å². The van der Waals surface area contributed by atoms with Gasteiger partial charge in [-0.3, -0.25) is 4.57 Å². The van der Waals surface area contributed by atoms with E-state index in [1.807, 2.05) is 22.8 Å². The number of hydrogen-bond donors (Lipinski definition) is 0. The summed E-state index contributed by atoms with van der Waals surface area (Å²) < 4.78 is 26.3. The predicted octanol–water partition coefficient (Wildman–Crippen LogP) is 4.63. The minimum Gasteiger partial charge on any atom is -0.494 e. The van der Waals surface area contributed by atoms with Crippen molar-refractivity contribution < 1.29 is 13.5 Å². The van der Waals surface area contributed by atoms with Gasteiger partial charge >= 0.3 is 0 Å². The Labute approximate surface area is 150 Å². The molecule has 0 saturated carbocycles. The summed E-state index contributed by atoms with van der Waals surface area (Å²) in [6.07, 6.45) is 1.62. The van der Waals surface area contributed by atoms with E-state index in [-0.39, 0.29) is 11.6 Å². The number of halogens is 1. The highest BCUT2D eigenvalue weighted by Crippen LogP contribution is 2.28. The number of thioether (sulfide) groups is 1. The van der Waals surface area contributed by atoms with E-state index in [2.05, 4.69) is 24.0 Å². The molecule has 5 nitrogen and oxygen atoms in total. The Morgan fingerprint density at radius 2 is 2.12 bits per heavy atom. The second kappa shape index (κ2) is 7.74. The molecule has 0 fully saturated rings. The second-order valence-electron chi connectivity index (χ2n) is 6.05. The van der Waals surface area contributed by atoms with Crippen LogP contribution in [0, 0.1) is 11.7 Å². The number of rotatable bonds is 7. The van der Waals surface area contributed by atoms with Gasteiger partial charge in [0.2, 0.25) is 0 Å². The Hall–Kier alpha value is -2.28. The van der Waals surface area contributed by atoms with E-state index in [0.29, 0.717) is 23.3 Å². The average molecular weight is 361 g/mol. The van der Waals surface area contributed by atoms with Gasteiger partial charge in [0.15, 0.2) is 28.3 Å². The second-order valence-corrected chi connectivity index (χ2v) is 6.99. The number of benzene rings is 1. The SMILES string of the molecule is COc1ccc(CSc2nnc(-c3ccco3)n2CC(C)C)cc1F. The van der Waals surface area contributed by atoms with Crippen LogP contribution < -0.4 is 4.74 Å². The summed E-state index contributed by atoms with van der Waals surface area (Å²) in [5.74, 6) is 2.31. The minimum atomic E-state index is -0.361. The maximum Gasteiger partial charge on any atom is 0.200 e. The molecule has 25 heavy (non-hydrogen) atoms. The number of hydrogen-bond acceptors (Lipinski definition) is 5. The number of nitrogens with zero attached hydrogens (tertiary/aromatic N) is 3. The number of ether oxygens (including phenoxy) is 1. The van der Waals surface area contributed by atoms with Gasteiger partial charge in [0, 0.05) is 12.3 Å². The highest BCUT2D eigenvalue weighted by molar-refractivity contribution is 7.98. The molecule has 3 aromatic rings. The van der Waals surface area contributed by atoms with Crippen molar-refractivity contribution in [2.45, 2.75) is 31.3 Å². The van der Waals surface area contributed by atoms with Crippen molar-refractivity contribution in [2.75, 3.05) is 7.11 Å². The highest BCUT2D eigenvalue weighted by Gasteiger charge is 2.17. The molecule has 2 aromatic heterocycles. The van der Waals surface area contributed by atoms with Crippen LogP contribution in [-0.2, 0) is 12.3 Å². The van der Waals surface area contributed by atoms with E-state index < -0.39 is 0 Å². The van der Waals surface area contributed by atoms with Crippen LogP contribution in [0.1, 0.15) is 19.4 Å². The largest absolute Gasteiger partial charge is 0.494 e. The molecule has 132 valence electrons. The quantitative estimate of drug-likeness (QED) is 0.574. The normalized spacial score (nSPS) is 11.2. The molecule has 7 heteroatoms. The monoisotopic (exact) mass is 361 g/mol. The van der Waals surface area contributed by atoms with Crippen LogP contribution in [0.4, 0.5) is 4.39 Å². The summed E-state index contributed by atoms with van der Waals surface area (Å²) in [5.41, 5.74) is 0.863. The minimum absolute atomic E-state index is 0.247. The lowest BCUT2D eigenvalue weighted by Gasteiger charge is -2.11. The van der Waals surface area contributed by atoms with Gasteiger partial charge in [-0.25, -0.2) is 4.39 Å². The molecule has 2 heterocycles. The Morgan fingerprint density at radius 3 is 2.76 bits per heavy atom. The van der Waals surface area contributed by atoms with E-state index in [4.69, 9.17) is 9.15 Å². The Morgan fingerprint density at radius 1 is 1.28 bits per heavy atom. The third-order valence-corrected chi connectivity index (χ3v) is 4.63. The summed E-state index contributed by atoms with van der Waals surface area (Å²) in [5, 5.41) is 9.36. The zero-order valence-corrected chi connectivity index (χ0v) is 15.2. The first kappa shape index (κ1) is 17.5. The molecular weight excluding hydrogens is 341 g/mol. The summed E-state index contributed by atoms with van der Waals surface area (Å²) in [4.78, 5) is 0. The molecule has 0 aliphatic heterocycles. The molecule has 1 aromatic carbocycles. The number of methoxy groups -OCH3 is 1. The molecule has 0 spiro atoms. The van der Waals surface area contributed by atoms with Crippen molar-refractivity contribution in [1.82, 2.24) is 14.8 Å². The zero-order chi connectivity index (χ0) is 17.8. The zero-order valence-electron chi connectivity index (χ0n) is 14.4. The van der Waals surface area contributed by atoms with Crippen LogP contribution in [0.3, 0.4) is 0 Å². The van der Waals surface area contributed by atoms with E-state index in [1.54, 1.807) is 12.3 Å². The van der Waals surface area contributed by atoms with Crippen LogP contribution in [-0.4, -0.2) is 21.9 Å². The molecule has 0 bridgehead atoms. The lowest BCUT2D eigenvalue weighted by Crippen LogP contribution is -2.07. The van der Waals surface area contributed by atoms with E-state index in [9.17, 15) is 4.39 Å². The van der Waals surface area contributed by atoms with E-state index in [1.165, 1.54) is 24.9 Å². The van der Waals surface area contributed by atoms with Gasteiger partial charge in [0.1, 0.15) is 0 Å². The summed E-state index contributed by atoms with van der Waals surface area (Å²) in [7, 11) is 1.46. The predicted molar refractivity (Wildman–Crippen MR) is 95.1 cm³/mol. The fraction of sp³-hybridized carbons (Fsp3) is 0.333. The summed E-state index contributed by atoms with van der Waals surface area (Å²) in [6, 6.07) is 8.68. The van der Waals surface area contributed by atoms with Crippen LogP contribution in [0.5, 0.6) is 5.75 Å². The fourth-order valence-electron chi connectivity index (χ4n) is 2.46. The van der Waals surface area contributed by atoms with Crippen molar-refractivity contribution in [2.24, 2.45) is 5.92 Å².